The highest BCUT2D eigenvalue weighted by atomic mass is 16.5. The summed E-state index contributed by atoms with van der Waals surface area (Å²) in [5, 5.41) is 3.10. The number of benzene rings is 2. The Morgan fingerprint density at radius 3 is 2.48 bits per heavy atom. The molecule has 0 fully saturated rings. The van der Waals surface area contributed by atoms with Gasteiger partial charge in [0.15, 0.2) is 0 Å². The van der Waals surface area contributed by atoms with Gasteiger partial charge < -0.3 is 14.8 Å². The highest BCUT2D eigenvalue weighted by molar-refractivity contribution is 6.09. The summed E-state index contributed by atoms with van der Waals surface area (Å²) in [6.07, 6.45) is 2.51. The molecule has 0 saturated heterocycles. The molecule has 27 heavy (non-hydrogen) atoms. The molecule has 4 heteroatoms. The van der Waals surface area contributed by atoms with Crippen LogP contribution >= 0.6 is 0 Å². The summed E-state index contributed by atoms with van der Waals surface area (Å²) in [5.41, 5.74) is 2.72. The molecule has 0 radical (unpaired) electrons. The SMILES string of the molecule is CC1(C)CCc2cc3c(cc2O1)OC(C)(C)CC31C(=O)Nc2ccccc21. The van der Waals surface area contributed by atoms with Gasteiger partial charge in [0, 0.05) is 23.7 Å². The van der Waals surface area contributed by atoms with Crippen LogP contribution in [-0.2, 0) is 16.6 Å². The summed E-state index contributed by atoms with van der Waals surface area (Å²) in [5.74, 6) is 1.68. The van der Waals surface area contributed by atoms with E-state index in [1.54, 1.807) is 0 Å². The number of para-hydroxylation sites is 1. The minimum absolute atomic E-state index is 0.0401. The molecule has 0 aromatic heterocycles. The van der Waals surface area contributed by atoms with Crippen molar-refractivity contribution in [3.05, 3.63) is 53.1 Å². The Balaban J connectivity index is 1.76. The lowest BCUT2D eigenvalue weighted by molar-refractivity contribution is -0.122. The van der Waals surface area contributed by atoms with Gasteiger partial charge >= 0.3 is 0 Å². The monoisotopic (exact) mass is 363 g/mol. The molecule has 1 spiro atoms. The number of carbonyl (C=O) groups is 1. The zero-order chi connectivity index (χ0) is 19.0. The first kappa shape index (κ1) is 16.7. The smallest absolute Gasteiger partial charge is 0.239 e. The van der Waals surface area contributed by atoms with Gasteiger partial charge in [-0.05, 0) is 63.8 Å². The number of anilines is 1. The summed E-state index contributed by atoms with van der Waals surface area (Å²) in [6, 6.07) is 12.2. The van der Waals surface area contributed by atoms with Crippen molar-refractivity contribution in [2.45, 2.75) is 63.6 Å². The summed E-state index contributed by atoms with van der Waals surface area (Å²) < 4.78 is 12.6. The Morgan fingerprint density at radius 2 is 1.67 bits per heavy atom. The molecule has 3 aliphatic rings. The minimum Gasteiger partial charge on any atom is -0.487 e. The maximum Gasteiger partial charge on any atom is 0.239 e. The van der Waals surface area contributed by atoms with E-state index in [0.29, 0.717) is 6.42 Å². The number of hydrogen-bond donors (Lipinski definition) is 1. The molecule has 0 aliphatic carbocycles. The van der Waals surface area contributed by atoms with E-state index >= 15 is 0 Å². The second-order valence-electron chi connectivity index (χ2n) is 9.26. The molecule has 140 valence electrons. The van der Waals surface area contributed by atoms with Crippen LogP contribution in [0.25, 0.3) is 0 Å². The third kappa shape index (κ3) is 2.32. The molecule has 4 nitrogen and oxygen atoms in total. The number of nitrogens with one attached hydrogen (secondary N) is 1. The molecule has 2 aromatic rings. The van der Waals surface area contributed by atoms with E-state index in [-0.39, 0.29) is 11.5 Å². The van der Waals surface area contributed by atoms with Gasteiger partial charge in [-0.1, -0.05) is 18.2 Å². The summed E-state index contributed by atoms with van der Waals surface area (Å²) in [7, 11) is 0. The largest absolute Gasteiger partial charge is 0.487 e. The Hall–Kier alpha value is -2.49. The first-order valence-electron chi connectivity index (χ1n) is 9.67. The Labute approximate surface area is 159 Å². The molecular weight excluding hydrogens is 338 g/mol. The fourth-order valence-electron chi connectivity index (χ4n) is 4.92. The third-order valence-electron chi connectivity index (χ3n) is 6.10. The predicted molar refractivity (Wildman–Crippen MR) is 105 cm³/mol. The molecule has 0 bridgehead atoms. The van der Waals surface area contributed by atoms with E-state index in [4.69, 9.17) is 9.47 Å². The van der Waals surface area contributed by atoms with Crippen molar-refractivity contribution >= 4 is 11.6 Å². The molecule has 5 rings (SSSR count). The topological polar surface area (TPSA) is 47.6 Å². The molecule has 1 amide bonds. The van der Waals surface area contributed by atoms with Crippen molar-refractivity contribution in [2.75, 3.05) is 5.32 Å². The molecule has 1 N–H and O–H groups in total. The third-order valence-corrected chi connectivity index (χ3v) is 6.10. The molecule has 1 atom stereocenters. The van der Waals surface area contributed by atoms with Gasteiger partial charge in [0.25, 0.3) is 0 Å². The zero-order valence-corrected chi connectivity index (χ0v) is 16.3. The molecule has 0 saturated carbocycles. The van der Waals surface area contributed by atoms with E-state index in [2.05, 4.69) is 45.1 Å². The molecule has 2 aromatic carbocycles. The average Bonchev–Trinajstić information content (AvgIpc) is 2.84. The zero-order valence-electron chi connectivity index (χ0n) is 16.3. The van der Waals surface area contributed by atoms with Gasteiger partial charge in [-0.2, -0.15) is 0 Å². The van der Waals surface area contributed by atoms with Crippen LogP contribution in [0.4, 0.5) is 5.69 Å². The number of fused-ring (bicyclic) bond motifs is 5. The molecular formula is C23H25NO3. The lowest BCUT2D eigenvalue weighted by atomic mass is 9.66. The Kier molecular flexibility index (Phi) is 3.12. The van der Waals surface area contributed by atoms with Crippen LogP contribution in [0, 0.1) is 0 Å². The summed E-state index contributed by atoms with van der Waals surface area (Å²) in [4.78, 5) is 13.3. The average molecular weight is 363 g/mol. The number of amides is 1. The van der Waals surface area contributed by atoms with Gasteiger partial charge in [-0.15, -0.1) is 0 Å². The number of aryl methyl sites for hydroxylation is 1. The van der Waals surface area contributed by atoms with Crippen molar-refractivity contribution in [2.24, 2.45) is 0 Å². The van der Waals surface area contributed by atoms with Crippen molar-refractivity contribution in [1.82, 2.24) is 0 Å². The summed E-state index contributed by atoms with van der Waals surface area (Å²) in [6.45, 7) is 8.33. The quantitative estimate of drug-likeness (QED) is 0.745. The normalized spacial score (nSPS) is 26.3. The van der Waals surface area contributed by atoms with Crippen molar-refractivity contribution in [3.63, 3.8) is 0 Å². The van der Waals surface area contributed by atoms with E-state index in [0.717, 1.165) is 46.7 Å². The standard InChI is InChI=1S/C23H25NO3/c1-21(2)10-9-14-11-16-19(12-18(14)26-21)27-22(3,4)13-23(16)15-7-5-6-8-17(15)24-20(23)25/h5-8,11-12H,9-10,13H2,1-4H3,(H,24,25). The van der Waals surface area contributed by atoms with Gasteiger partial charge in [-0.25, -0.2) is 0 Å². The van der Waals surface area contributed by atoms with Crippen LogP contribution in [0.1, 0.15) is 57.2 Å². The van der Waals surface area contributed by atoms with Crippen molar-refractivity contribution in [1.29, 1.82) is 0 Å². The fourth-order valence-corrected chi connectivity index (χ4v) is 4.92. The van der Waals surface area contributed by atoms with E-state index in [1.807, 2.05) is 24.3 Å². The molecule has 3 heterocycles. The van der Waals surface area contributed by atoms with Crippen molar-refractivity contribution in [3.8, 4) is 11.5 Å². The molecule has 1 unspecified atom stereocenters. The van der Waals surface area contributed by atoms with Gasteiger partial charge in [-0.3, -0.25) is 4.79 Å². The number of ether oxygens (including phenoxy) is 2. The lowest BCUT2D eigenvalue weighted by Gasteiger charge is -2.44. The van der Waals surface area contributed by atoms with Crippen LogP contribution < -0.4 is 14.8 Å². The maximum absolute atomic E-state index is 13.3. The second-order valence-corrected chi connectivity index (χ2v) is 9.26. The lowest BCUT2D eigenvalue weighted by Crippen LogP contribution is -2.49. The summed E-state index contributed by atoms with van der Waals surface area (Å²) >= 11 is 0. The van der Waals surface area contributed by atoms with E-state index < -0.39 is 11.0 Å². The van der Waals surface area contributed by atoms with Crippen molar-refractivity contribution < 1.29 is 14.3 Å². The first-order valence-corrected chi connectivity index (χ1v) is 9.67. The highest BCUT2D eigenvalue weighted by Gasteiger charge is 2.56. The van der Waals surface area contributed by atoms with Crippen LogP contribution in [0.3, 0.4) is 0 Å². The van der Waals surface area contributed by atoms with Gasteiger partial charge in [0.2, 0.25) is 5.91 Å². The number of rotatable bonds is 0. The predicted octanol–water partition coefficient (Wildman–Crippen LogP) is 4.59. The fraction of sp³-hybridized carbons (Fsp3) is 0.435. The number of carbonyl (C=O) groups excluding carboxylic acids is 1. The Bertz CT molecular complexity index is 976. The van der Waals surface area contributed by atoms with Crippen LogP contribution in [0.5, 0.6) is 11.5 Å². The van der Waals surface area contributed by atoms with Gasteiger partial charge in [0.1, 0.15) is 28.1 Å². The second kappa shape index (κ2) is 5.06. The first-order chi connectivity index (χ1) is 12.7. The highest BCUT2D eigenvalue weighted by Crippen LogP contribution is 2.55. The van der Waals surface area contributed by atoms with Gasteiger partial charge in [0.05, 0.1) is 0 Å². The number of hydrogen-bond acceptors (Lipinski definition) is 3. The van der Waals surface area contributed by atoms with Crippen LogP contribution in [0.2, 0.25) is 0 Å². The maximum atomic E-state index is 13.3. The van der Waals surface area contributed by atoms with E-state index in [1.165, 1.54) is 0 Å². The van der Waals surface area contributed by atoms with Crippen LogP contribution in [-0.4, -0.2) is 17.1 Å². The van der Waals surface area contributed by atoms with E-state index in [9.17, 15) is 4.79 Å². The van der Waals surface area contributed by atoms with Crippen LogP contribution in [0.15, 0.2) is 36.4 Å². The molecule has 3 aliphatic heterocycles. The Morgan fingerprint density at radius 1 is 0.926 bits per heavy atom. The minimum atomic E-state index is -0.713.